The van der Waals surface area contributed by atoms with E-state index in [2.05, 4.69) is 19.9 Å². The molecule has 1 aromatic heterocycles. The van der Waals surface area contributed by atoms with Crippen LogP contribution in [0.2, 0.25) is 0 Å². The number of carbonyl (C=O) groups is 2. The van der Waals surface area contributed by atoms with Crippen molar-refractivity contribution < 1.29 is 19.4 Å². The molecule has 0 spiro atoms. The van der Waals surface area contributed by atoms with Crippen molar-refractivity contribution in [1.29, 1.82) is 0 Å². The monoisotopic (exact) mass is 538 g/mol. The molecule has 0 aliphatic carbocycles. The van der Waals surface area contributed by atoms with E-state index >= 15 is 0 Å². The van der Waals surface area contributed by atoms with Gasteiger partial charge in [-0.3, -0.25) is 14.5 Å². The van der Waals surface area contributed by atoms with Gasteiger partial charge in [-0.15, -0.1) is 0 Å². The van der Waals surface area contributed by atoms with E-state index in [9.17, 15) is 14.7 Å². The summed E-state index contributed by atoms with van der Waals surface area (Å²) in [5, 5.41) is 12.0. The number of anilines is 1. The predicted molar refractivity (Wildman–Crippen MR) is 155 cm³/mol. The van der Waals surface area contributed by atoms with Gasteiger partial charge in [0.05, 0.1) is 21.8 Å². The smallest absolute Gasteiger partial charge is 0.301 e. The molecule has 3 aromatic carbocycles. The molecule has 0 radical (unpaired) electrons. The average molecular weight is 539 g/mol. The van der Waals surface area contributed by atoms with Crippen molar-refractivity contribution >= 4 is 44.1 Å². The number of aliphatic hydroxyl groups is 1. The fourth-order valence-corrected chi connectivity index (χ4v) is 6.76. The molecule has 6 rings (SSSR count). The molecular weight excluding hydrogens is 508 g/mol. The molecule has 1 fully saturated rings. The summed E-state index contributed by atoms with van der Waals surface area (Å²) in [6.07, 6.45) is 0.767. The van der Waals surface area contributed by atoms with E-state index in [1.165, 1.54) is 16.2 Å². The highest BCUT2D eigenvalue weighted by atomic mass is 32.1. The Kier molecular flexibility index (Phi) is 6.07. The lowest BCUT2D eigenvalue weighted by molar-refractivity contribution is -0.132. The van der Waals surface area contributed by atoms with E-state index < -0.39 is 17.7 Å². The van der Waals surface area contributed by atoms with Crippen molar-refractivity contribution in [3.05, 3.63) is 93.6 Å². The van der Waals surface area contributed by atoms with Crippen molar-refractivity contribution in [2.75, 3.05) is 4.90 Å². The number of thiazole rings is 1. The zero-order valence-corrected chi connectivity index (χ0v) is 23.4. The van der Waals surface area contributed by atoms with Crippen molar-refractivity contribution in [2.24, 2.45) is 0 Å². The Hall–Kier alpha value is -3.97. The van der Waals surface area contributed by atoms with Crippen LogP contribution in [0.3, 0.4) is 0 Å². The predicted octanol–water partition coefficient (Wildman–Crippen LogP) is 6.99. The van der Waals surface area contributed by atoms with Gasteiger partial charge in [0.2, 0.25) is 0 Å². The summed E-state index contributed by atoms with van der Waals surface area (Å²) in [5.74, 6) is -0.495. The molecule has 3 heterocycles. The Labute approximate surface area is 231 Å². The lowest BCUT2D eigenvalue weighted by Gasteiger charge is -2.23. The number of hydrogen-bond acceptors (Lipinski definition) is 6. The topological polar surface area (TPSA) is 79.7 Å². The summed E-state index contributed by atoms with van der Waals surface area (Å²) in [7, 11) is 0. The maximum atomic E-state index is 13.6. The molecular formula is C32H30N2O4S. The quantitative estimate of drug-likeness (QED) is 0.172. The molecule has 0 unspecified atom stereocenters. The molecule has 39 heavy (non-hydrogen) atoms. The summed E-state index contributed by atoms with van der Waals surface area (Å²) in [4.78, 5) is 33.5. The second-order valence-electron chi connectivity index (χ2n) is 10.9. The Balaban J connectivity index is 1.54. The minimum atomic E-state index is -0.809. The van der Waals surface area contributed by atoms with Crippen molar-refractivity contribution in [1.82, 2.24) is 4.98 Å². The van der Waals surface area contributed by atoms with Crippen LogP contribution in [-0.4, -0.2) is 27.9 Å². The van der Waals surface area contributed by atoms with Gasteiger partial charge in [-0.2, -0.15) is 0 Å². The largest absolute Gasteiger partial charge is 0.507 e. The van der Waals surface area contributed by atoms with E-state index in [0.717, 1.165) is 50.2 Å². The molecule has 2 aliphatic heterocycles. The number of ketones is 1. The number of ether oxygens (including phenoxy) is 1. The Bertz CT molecular complexity index is 1680. The Morgan fingerprint density at radius 2 is 1.82 bits per heavy atom. The Morgan fingerprint density at radius 3 is 2.54 bits per heavy atom. The van der Waals surface area contributed by atoms with Crippen LogP contribution in [-0.2, 0) is 16.0 Å². The molecule has 2 aliphatic rings. The minimum Gasteiger partial charge on any atom is -0.507 e. The highest BCUT2D eigenvalue weighted by Gasteiger charge is 2.48. The standard InChI is InChI=1S/C32H30N2O4S/c1-16(2)20-6-8-21(9-7-20)28-26(29(35)22-10-11-24-23(15-22)14-19(5)38-24)30(36)31(37)34(28)32-33-27-18(4)12-17(3)13-25(27)39-32/h6-13,15-16,19,28,35H,14H2,1-5H3/t19-,28-/m1/s1. The van der Waals surface area contributed by atoms with Gasteiger partial charge in [-0.05, 0) is 78.8 Å². The second kappa shape index (κ2) is 9.35. The van der Waals surface area contributed by atoms with Gasteiger partial charge >= 0.3 is 5.91 Å². The van der Waals surface area contributed by atoms with E-state index in [1.807, 2.05) is 63.2 Å². The summed E-state index contributed by atoms with van der Waals surface area (Å²) >= 11 is 1.38. The first-order valence-electron chi connectivity index (χ1n) is 13.2. The number of rotatable bonds is 4. The Morgan fingerprint density at radius 1 is 1.08 bits per heavy atom. The zero-order chi connectivity index (χ0) is 27.6. The van der Waals surface area contributed by atoms with Gasteiger partial charge in [0, 0.05) is 12.0 Å². The third-order valence-corrected chi connectivity index (χ3v) is 8.56. The van der Waals surface area contributed by atoms with Crippen LogP contribution in [0.1, 0.15) is 66.1 Å². The number of amides is 1. The molecule has 1 amide bonds. The van der Waals surface area contributed by atoms with Crippen LogP contribution >= 0.6 is 11.3 Å². The third-order valence-electron chi connectivity index (χ3n) is 7.56. The number of carbonyl (C=O) groups excluding carboxylic acids is 2. The van der Waals surface area contributed by atoms with E-state index in [-0.39, 0.29) is 17.4 Å². The lowest BCUT2D eigenvalue weighted by Crippen LogP contribution is -2.29. The summed E-state index contributed by atoms with van der Waals surface area (Å²) in [6, 6.07) is 16.6. The number of hydrogen-bond donors (Lipinski definition) is 1. The van der Waals surface area contributed by atoms with Gasteiger partial charge in [0.25, 0.3) is 5.78 Å². The zero-order valence-electron chi connectivity index (χ0n) is 22.6. The number of aromatic nitrogens is 1. The van der Waals surface area contributed by atoms with Crippen LogP contribution in [0, 0.1) is 13.8 Å². The molecule has 1 saturated heterocycles. The van der Waals surface area contributed by atoms with Gasteiger partial charge in [0.15, 0.2) is 5.13 Å². The van der Waals surface area contributed by atoms with Crippen LogP contribution in [0.5, 0.6) is 5.75 Å². The van der Waals surface area contributed by atoms with Crippen LogP contribution in [0.15, 0.2) is 60.2 Å². The number of benzene rings is 3. The van der Waals surface area contributed by atoms with Crippen molar-refractivity contribution in [2.45, 2.75) is 59.1 Å². The van der Waals surface area contributed by atoms with Crippen LogP contribution in [0.25, 0.3) is 16.0 Å². The molecule has 198 valence electrons. The maximum Gasteiger partial charge on any atom is 0.301 e. The van der Waals surface area contributed by atoms with E-state index in [0.29, 0.717) is 16.6 Å². The first-order chi connectivity index (χ1) is 18.6. The lowest BCUT2D eigenvalue weighted by atomic mass is 9.93. The highest BCUT2D eigenvalue weighted by Crippen LogP contribution is 2.45. The second-order valence-corrected chi connectivity index (χ2v) is 11.9. The molecule has 0 bridgehead atoms. The molecule has 1 N–H and O–H groups in total. The highest BCUT2D eigenvalue weighted by molar-refractivity contribution is 7.22. The van der Waals surface area contributed by atoms with Crippen LogP contribution in [0.4, 0.5) is 5.13 Å². The van der Waals surface area contributed by atoms with E-state index in [4.69, 9.17) is 9.72 Å². The molecule has 4 aromatic rings. The number of nitrogens with zero attached hydrogens (tertiary/aromatic N) is 2. The summed E-state index contributed by atoms with van der Waals surface area (Å²) in [5.41, 5.74) is 6.34. The van der Waals surface area contributed by atoms with Crippen molar-refractivity contribution in [3.8, 4) is 5.75 Å². The van der Waals surface area contributed by atoms with E-state index in [1.54, 1.807) is 6.07 Å². The van der Waals surface area contributed by atoms with Gasteiger partial charge in [-0.25, -0.2) is 4.98 Å². The average Bonchev–Trinajstić information content (AvgIpc) is 3.56. The molecule has 2 atom stereocenters. The SMILES string of the molecule is Cc1cc(C)c2nc(N3C(=O)C(=O)C(=C(O)c4ccc5c(c4)C[C@@H](C)O5)[C@H]3c3ccc(C(C)C)cc3)sc2c1. The first kappa shape index (κ1) is 25.3. The third kappa shape index (κ3) is 4.21. The van der Waals surface area contributed by atoms with Crippen molar-refractivity contribution in [3.63, 3.8) is 0 Å². The molecule has 6 nitrogen and oxygen atoms in total. The number of fused-ring (bicyclic) bond motifs is 2. The number of aliphatic hydroxyl groups excluding tert-OH is 1. The van der Waals surface area contributed by atoms with Gasteiger partial charge in [0.1, 0.15) is 17.6 Å². The molecule has 0 saturated carbocycles. The fourth-order valence-electron chi connectivity index (χ4n) is 5.60. The van der Waals surface area contributed by atoms with Crippen LogP contribution < -0.4 is 9.64 Å². The minimum absolute atomic E-state index is 0.0496. The molecule has 7 heteroatoms. The van der Waals surface area contributed by atoms with Gasteiger partial charge < -0.3 is 9.84 Å². The summed E-state index contributed by atoms with van der Waals surface area (Å²) < 4.78 is 6.76. The summed E-state index contributed by atoms with van der Waals surface area (Å²) in [6.45, 7) is 10.2. The number of aryl methyl sites for hydroxylation is 2. The normalized spacial score (nSPS) is 20.2. The van der Waals surface area contributed by atoms with Gasteiger partial charge in [-0.1, -0.05) is 55.5 Å². The number of Topliss-reactive ketones (excluding diaryl/α,β-unsaturated/α-hetero) is 1. The first-order valence-corrected chi connectivity index (χ1v) is 14.0. The maximum absolute atomic E-state index is 13.6. The fraction of sp³-hybridized carbons (Fsp3) is 0.281.